The zero-order valence-electron chi connectivity index (χ0n) is 7.49. The molecule has 0 saturated heterocycles. The molecule has 7 heteroatoms. The predicted octanol–water partition coefficient (Wildman–Crippen LogP) is 1.72. The number of hydrogen-bond donors (Lipinski definition) is 1. The van der Waals surface area contributed by atoms with Gasteiger partial charge in [0.1, 0.15) is 5.69 Å². The molecule has 0 radical (unpaired) electrons. The summed E-state index contributed by atoms with van der Waals surface area (Å²) in [5, 5.41) is 8.63. The van der Waals surface area contributed by atoms with Crippen LogP contribution in [0.5, 0.6) is 0 Å². The predicted molar refractivity (Wildman–Crippen MR) is 43.4 cm³/mol. The van der Waals surface area contributed by atoms with E-state index in [1.54, 1.807) is 0 Å². The Hall–Kier alpha value is -1.50. The van der Waals surface area contributed by atoms with E-state index in [-0.39, 0.29) is 12.2 Å². The van der Waals surface area contributed by atoms with Crippen LogP contribution < -0.4 is 0 Å². The van der Waals surface area contributed by atoms with Crippen LogP contribution in [0.25, 0.3) is 0 Å². The number of carboxylic acid groups (broad SMARTS) is 1. The van der Waals surface area contributed by atoms with E-state index in [0.717, 1.165) is 0 Å². The summed E-state index contributed by atoms with van der Waals surface area (Å²) >= 11 is 0. The summed E-state index contributed by atoms with van der Waals surface area (Å²) in [4.78, 5) is 10.6. The molecule has 0 unspecified atom stereocenters. The van der Waals surface area contributed by atoms with Crippen molar-refractivity contribution in [1.82, 2.24) is 4.57 Å². The fourth-order valence-corrected chi connectivity index (χ4v) is 1.06. The van der Waals surface area contributed by atoms with Gasteiger partial charge in [0.25, 0.3) is 0 Å². The fraction of sp³-hybridized carbons (Fsp3) is 0.375. The summed E-state index contributed by atoms with van der Waals surface area (Å²) in [7, 11) is 0. The Balaban J connectivity index is 2.51. The van der Waals surface area contributed by atoms with Crippen molar-refractivity contribution in [1.29, 1.82) is 0 Å². The number of nitrogens with zero attached hydrogens (tertiary/aromatic N) is 1. The second kappa shape index (κ2) is 4.35. The number of carboxylic acids is 1. The lowest BCUT2D eigenvalue weighted by atomic mass is 10.4. The molecule has 1 aromatic rings. The number of rotatable bonds is 4. The highest BCUT2D eigenvalue weighted by Crippen LogP contribution is 2.16. The van der Waals surface area contributed by atoms with Crippen LogP contribution in [0.2, 0.25) is 0 Å². The molecule has 0 spiro atoms. The van der Waals surface area contributed by atoms with Crippen LogP contribution in [0.15, 0.2) is 18.3 Å². The minimum absolute atomic E-state index is 0.0687. The van der Waals surface area contributed by atoms with Gasteiger partial charge < -0.3 is 9.67 Å². The number of halogens is 3. The Bertz CT molecular complexity index is 345. The first-order valence-electron chi connectivity index (χ1n) is 3.99. The molecule has 0 atom stereocenters. The van der Waals surface area contributed by atoms with Crippen LogP contribution in [-0.4, -0.2) is 28.6 Å². The molecule has 1 heterocycles. The number of carbonyl (C=O) groups is 1. The van der Waals surface area contributed by atoms with Crippen molar-refractivity contribution in [2.24, 2.45) is 0 Å². The van der Waals surface area contributed by atoms with Gasteiger partial charge in [0, 0.05) is 12.7 Å². The molecule has 0 aliphatic rings. The third-order valence-corrected chi connectivity index (χ3v) is 1.65. The van der Waals surface area contributed by atoms with E-state index in [9.17, 15) is 18.0 Å². The quantitative estimate of drug-likeness (QED) is 0.845. The Morgan fingerprint density at radius 1 is 1.53 bits per heavy atom. The van der Waals surface area contributed by atoms with E-state index in [4.69, 9.17) is 5.11 Å². The van der Waals surface area contributed by atoms with E-state index in [1.165, 1.54) is 22.9 Å². The summed E-state index contributed by atoms with van der Waals surface area (Å²) in [5.41, 5.74) is -0.0687. The summed E-state index contributed by atoms with van der Waals surface area (Å²) in [6.45, 7) is -0.771. The fourth-order valence-electron chi connectivity index (χ4n) is 1.06. The molecule has 4 nitrogen and oxygen atoms in total. The molecule has 1 aromatic heterocycles. The zero-order valence-corrected chi connectivity index (χ0v) is 7.49. The van der Waals surface area contributed by atoms with Crippen molar-refractivity contribution >= 4 is 5.97 Å². The van der Waals surface area contributed by atoms with Gasteiger partial charge >= 0.3 is 12.3 Å². The lowest BCUT2D eigenvalue weighted by Crippen LogP contribution is -2.18. The molecule has 0 fully saturated rings. The van der Waals surface area contributed by atoms with Crippen molar-refractivity contribution in [2.45, 2.75) is 12.9 Å². The largest absolute Gasteiger partial charge is 0.522 e. The highest BCUT2D eigenvalue weighted by Gasteiger charge is 2.28. The molecule has 0 bridgehead atoms. The van der Waals surface area contributed by atoms with Gasteiger partial charge in [-0.25, -0.2) is 4.79 Å². The maximum absolute atomic E-state index is 11.6. The Morgan fingerprint density at radius 2 is 2.20 bits per heavy atom. The number of aromatic carboxylic acids is 1. The molecule has 1 N–H and O–H groups in total. The van der Waals surface area contributed by atoms with Crippen molar-refractivity contribution in [2.75, 3.05) is 6.61 Å². The standard InChI is InChI=1S/C8H8F3NO3/c9-8(10,11)15-5-4-12-3-1-2-6(12)7(13)14/h1-3H,4-5H2,(H,13,14). The second-order valence-electron chi connectivity index (χ2n) is 2.69. The SMILES string of the molecule is O=C(O)c1cccn1CCOC(F)(F)F. The normalized spacial score (nSPS) is 11.7. The molecule has 0 aromatic carbocycles. The van der Waals surface area contributed by atoms with Gasteiger partial charge in [0.05, 0.1) is 6.61 Å². The van der Waals surface area contributed by atoms with E-state index >= 15 is 0 Å². The van der Waals surface area contributed by atoms with Gasteiger partial charge in [0.15, 0.2) is 0 Å². The number of alkyl halides is 3. The average molecular weight is 223 g/mol. The Labute approximate surface area is 82.9 Å². The van der Waals surface area contributed by atoms with Gasteiger partial charge in [-0.05, 0) is 12.1 Å². The van der Waals surface area contributed by atoms with Gasteiger partial charge in [-0.15, -0.1) is 13.2 Å². The van der Waals surface area contributed by atoms with Crippen LogP contribution >= 0.6 is 0 Å². The summed E-state index contributed by atoms with van der Waals surface area (Å²) in [5.74, 6) is -1.19. The van der Waals surface area contributed by atoms with Crippen LogP contribution in [0.1, 0.15) is 10.5 Å². The van der Waals surface area contributed by atoms with Crippen molar-refractivity contribution < 1.29 is 27.8 Å². The summed E-state index contributed by atoms with van der Waals surface area (Å²) in [6.07, 6.45) is -3.31. The maximum atomic E-state index is 11.6. The first kappa shape index (κ1) is 11.6. The number of hydrogen-bond acceptors (Lipinski definition) is 2. The van der Waals surface area contributed by atoms with Gasteiger partial charge in [-0.1, -0.05) is 0 Å². The first-order valence-corrected chi connectivity index (χ1v) is 3.99. The van der Waals surface area contributed by atoms with Gasteiger partial charge in [-0.3, -0.25) is 4.74 Å². The number of aromatic nitrogens is 1. The highest BCUT2D eigenvalue weighted by molar-refractivity contribution is 5.85. The molecule has 1 rings (SSSR count). The smallest absolute Gasteiger partial charge is 0.477 e. The highest BCUT2D eigenvalue weighted by atomic mass is 19.4. The minimum atomic E-state index is -4.68. The monoisotopic (exact) mass is 223 g/mol. The minimum Gasteiger partial charge on any atom is -0.477 e. The van der Waals surface area contributed by atoms with Gasteiger partial charge in [0.2, 0.25) is 0 Å². The summed E-state index contributed by atoms with van der Waals surface area (Å²) < 4.78 is 39.5. The lowest BCUT2D eigenvalue weighted by Gasteiger charge is -2.09. The van der Waals surface area contributed by atoms with Crippen LogP contribution in [0.4, 0.5) is 13.2 Å². The molecular weight excluding hydrogens is 215 g/mol. The van der Waals surface area contributed by atoms with Crippen molar-refractivity contribution in [3.05, 3.63) is 24.0 Å². The van der Waals surface area contributed by atoms with E-state index in [2.05, 4.69) is 4.74 Å². The average Bonchev–Trinajstić information content (AvgIpc) is 2.49. The van der Waals surface area contributed by atoms with Crippen molar-refractivity contribution in [3.63, 3.8) is 0 Å². The summed E-state index contributed by atoms with van der Waals surface area (Å²) in [6, 6.07) is 2.74. The van der Waals surface area contributed by atoms with E-state index in [1.807, 2.05) is 0 Å². The topological polar surface area (TPSA) is 51.5 Å². The molecule has 84 valence electrons. The molecule has 15 heavy (non-hydrogen) atoms. The Kier molecular flexibility index (Phi) is 3.35. The van der Waals surface area contributed by atoms with Crippen LogP contribution in [0, 0.1) is 0 Å². The lowest BCUT2D eigenvalue weighted by molar-refractivity contribution is -0.325. The molecule has 0 aliphatic heterocycles. The molecule has 0 aliphatic carbocycles. The third-order valence-electron chi connectivity index (χ3n) is 1.65. The second-order valence-corrected chi connectivity index (χ2v) is 2.69. The number of ether oxygens (including phenoxy) is 1. The molecular formula is C8H8F3NO3. The van der Waals surface area contributed by atoms with E-state index in [0.29, 0.717) is 0 Å². The third kappa shape index (κ3) is 3.62. The first-order chi connectivity index (χ1) is 6.90. The molecule has 0 saturated carbocycles. The van der Waals surface area contributed by atoms with Crippen molar-refractivity contribution in [3.8, 4) is 0 Å². The van der Waals surface area contributed by atoms with Crippen LogP contribution in [0.3, 0.4) is 0 Å². The van der Waals surface area contributed by atoms with Gasteiger partial charge in [-0.2, -0.15) is 0 Å². The zero-order chi connectivity index (χ0) is 11.5. The van der Waals surface area contributed by atoms with E-state index < -0.39 is 18.9 Å². The molecule has 0 amide bonds. The maximum Gasteiger partial charge on any atom is 0.522 e. The Morgan fingerprint density at radius 3 is 2.73 bits per heavy atom. The van der Waals surface area contributed by atoms with Crippen LogP contribution in [-0.2, 0) is 11.3 Å².